The van der Waals surface area contributed by atoms with Crippen molar-refractivity contribution in [3.05, 3.63) is 78.4 Å². The number of piperidine rings is 1. The third kappa shape index (κ3) is 5.37. The summed E-state index contributed by atoms with van der Waals surface area (Å²) in [6, 6.07) is 18.4. The molecule has 0 radical (unpaired) electrons. The SMILES string of the molecule is C=CCN1CCC2(c3cccc(OC)c3)C[C@H](N(CC(C)C)C(=O)c3ccccc3)CC(OC)C2C1. The highest BCUT2D eigenvalue weighted by Crippen LogP contribution is 2.51. The normalized spacial score (nSPS) is 26.3. The van der Waals surface area contributed by atoms with Gasteiger partial charge in [0.15, 0.2) is 0 Å². The summed E-state index contributed by atoms with van der Waals surface area (Å²) in [7, 11) is 3.56. The maximum absolute atomic E-state index is 13.9. The van der Waals surface area contributed by atoms with Gasteiger partial charge in [0.05, 0.1) is 13.2 Å². The molecule has 0 bridgehead atoms. The molecule has 5 heteroatoms. The fraction of sp³-hybridized carbons (Fsp3) is 0.516. The van der Waals surface area contributed by atoms with Crippen LogP contribution in [0, 0.1) is 11.8 Å². The predicted molar refractivity (Wildman–Crippen MR) is 146 cm³/mol. The molecule has 1 saturated heterocycles. The van der Waals surface area contributed by atoms with E-state index < -0.39 is 0 Å². The lowest BCUT2D eigenvalue weighted by Crippen LogP contribution is -2.62. The molecule has 0 aromatic heterocycles. The second-order valence-corrected chi connectivity index (χ2v) is 10.9. The van der Waals surface area contributed by atoms with Crippen LogP contribution in [0.1, 0.15) is 49.0 Å². The Morgan fingerprint density at radius 1 is 1.19 bits per heavy atom. The van der Waals surface area contributed by atoms with Gasteiger partial charge in [0.25, 0.3) is 5.91 Å². The number of rotatable bonds is 9. The molecule has 1 aliphatic heterocycles. The van der Waals surface area contributed by atoms with Gasteiger partial charge in [0, 0.05) is 49.7 Å². The molecule has 1 heterocycles. The Kier molecular flexibility index (Phi) is 8.53. The smallest absolute Gasteiger partial charge is 0.254 e. The monoisotopic (exact) mass is 490 g/mol. The fourth-order valence-electron chi connectivity index (χ4n) is 6.54. The lowest BCUT2D eigenvalue weighted by atomic mass is 9.56. The van der Waals surface area contributed by atoms with E-state index in [4.69, 9.17) is 9.47 Å². The fourth-order valence-corrected chi connectivity index (χ4v) is 6.54. The highest BCUT2D eigenvalue weighted by Gasteiger charge is 2.53. The highest BCUT2D eigenvalue weighted by atomic mass is 16.5. The van der Waals surface area contributed by atoms with Crippen molar-refractivity contribution < 1.29 is 14.3 Å². The van der Waals surface area contributed by atoms with Crippen LogP contribution in [0.3, 0.4) is 0 Å². The average Bonchev–Trinajstić information content (AvgIpc) is 2.91. The van der Waals surface area contributed by atoms with Crippen molar-refractivity contribution in [2.24, 2.45) is 11.8 Å². The minimum Gasteiger partial charge on any atom is -0.497 e. The molecule has 4 atom stereocenters. The molecule has 2 fully saturated rings. The van der Waals surface area contributed by atoms with Gasteiger partial charge >= 0.3 is 0 Å². The van der Waals surface area contributed by atoms with Crippen molar-refractivity contribution in [2.45, 2.75) is 50.7 Å². The molecule has 1 saturated carbocycles. The largest absolute Gasteiger partial charge is 0.497 e. The molecular weight excluding hydrogens is 448 g/mol. The number of hydrogen-bond acceptors (Lipinski definition) is 4. The Labute approximate surface area is 217 Å². The Bertz CT molecular complexity index is 1020. The van der Waals surface area contributed by atoms with Crippen molar-refractivity contribution >= 4 is 5.91 Å². The number of fused-ring (bicyclic) bond motifs is 1. The van der Waals surface area contributed by atoms with Gasteiger partial charge in [0.2, 0.25) is 0 Å². The first-order chi connectivity index (χ1) is 17.4. The molecule has 0 N–H and O–H groups in total. The van der Waals surface area contributed by atoms with Crippen LogP contribution in [0.15, 0.2) is 67.3 Å². The van der Waals surface area contributed by atoms with Crippen LogP contribution in [0.25, 0.3) is 0 Å². The van der Waals surface area contributed by atoms with E-state index in [1.165, 1.54) is 5.56 Å². The molecule has 5 nitrogen and oxygen atoms in total. The number of carbonyl (C=O) groups is 1. The van der Waals surface area contributed by atoms with E-state index in [9.17, 15) is 4.79 Å². The van der Waals surface area contributed by atoms with Gasteiger partial charge in [0.1, 0.15) is 5.75 Å². The molecule has 2 aromatic carbocycles. The molecule has 0 spiro atoms. The van der Waals surface area contributed by atoms with Crippen molar-refractivity contribution in [3.8, 4) is 5.75 Å². The Morgan fingerprint density at radius 2 is 1.97 bits per heavy atom. The Morgan fingerprint density at radius 3 is 2.64 bits per heavy atom. The summed E-state index contributed by atoms with van der Waals surface area (Å²) < 4.78 is 11.9. The first kappa shape index (κ1) is 26.4. The van der Waals surface area contributed by atoms with E-state index in [1.54, 1.807) is 7.11 Å². The van der Waals surface area contributed by atoms with Gasteiger partial charge in [-0.15, -0.1) is 6.58 Å². The zero-order valence-corrected chi connectivity index (χ0v) is 22.4. The summed E-state index contributed by atoms with van der Waals surface area (Å²) in [6.07, 6.45) is 4.84. The number of ether oxygens (including phenoxy) is 2. The molecule has 36 heavy (non-hydrogen) atoms. The van der Waals surface area contributed by atoms with Gasteiger partial charge in [-0.3, -0.25) is 9.69 Å². The second-order valence-electron chi connectivity index (χ2n) is 10.9. The van der Waals surface area contributed by atoms with Gasteiger partial charge in [-0.25, -0.2) is 0 Å². The van der Waals surface area contributed by atoms with E-state index in [1.807, 2.05) is 49.6 Å². The van der Waals surface area contributed by atoms with Gasteiger partial charge in [-0.1, -0.05) is 50.3 Å². The zero-order chi connectivity index (χ0) is 25.7. The zero-order valence-electron chi connectivity index (χ0n) is 22.4. The number of amides is 1. The standard InChI is InChI=1S/C31H42N2O3/c1-6-16-32-17-15-31(25-13-10-14-27(18-25)35-4)20-26(19-29(36-5)28(31)22-32)33(21-23(2)3)30(34)24-11-8-7-9-12-24/h6-14,18,23,26,28-29H,1,15-17,19-22H2,2-5H3/t26-,28?,29?,31?/m1/s1. The first-order valence-electron chi connectivity index (χ1n) is 13.3. The lowest BCUT2D eigenvalue weighted by molar-refractivity contribution is -0.0804. The third-order valence-electron chi connectivity index (χ3n) is 8.21. The van der Waals surface area contributed by atoms with Crippen molar-refractivity contribution in [1.82, 2.24) is 9.80 Å². The molecule has 194 valence electrons. The first-order valence-corrected chi connectivity index (χ1v) is 13.3. The number of likely N-dealkylation sites (tertiary alicyclic amines) is 1. The lowest BCUT2D eigenvalue weighted by Gasteiger charge is -2.57. The molecule has 1 aliphatic carbocycles. The van der Waals surface area contributed by atoms with E-state index >= 15 is 0 Å². The summed E-state index contributed by atoms with van der Waals surface area (Å²) >= 11 is 0. The molecule has 2 aromatic rings. The minimum atomic E-state index is -0.0952. The maximum Gasteiger partial charge on any atom is 0.254 e. The third-order valence-corrected chi connectivity index (χ3v) is 8.21. The second kappa shape index (κ2) is 11.6. The number of hydrogen-bond donors (Lipinski definition) is 0. The van der Waals surface area contributed by atoms with E-state index in [0.717, 1.165) is 56.8 Å². The van der Waals surface area contributed by atoms with Crippen molar-refractivity contribution in [3.63, 3.8) is 0 Å². The van der Waals surface area contributed by atoms with Gasteiger partial charge in [-0.2, -0.15) is 0 Å². The number of carbonyl (C=O) groups excluding carboxylic acids is 1. The quantitative estimate of drug-likeness (QED) is 0.441. The topological polar surface area (TPSA) is 42.0 Å². The molecule has 4 rings (SSSR count). The van der Waals surface area contributed by atoms with E-state index in [-0.39, 0.29) is 23.5 Å². The predicted octanol–water partition coefficient (Wildman–Crippen LogP) is 5.42. The van der Waals surface area contributed by atoms with Crippen molar-refractivity contribution in [2.75, 3.05) is 40.4 Å². The summed E-state index contributed by atoms with van der Waals surface area (Å²) in [5.74, 6) is 1.70. The van der Waals surface area contributed by atoms with Crippen LogP contribution in [0.4, 0.5) is 0 Å². The molecule has 1 amide bonds. The summed E-state index contributed by atoms with van der Waals surface area (Å²) in [4.78, 5) is 18.5. The van der Waals surface area contributed by atoms with Crippen LogP contribution in [-0.4, -0.2) is 68.3 Å². The minimum absolute atomic E-state index is 0.0563. The van der Waals surface area contributed by atoms with Gasteiger partial charge in [-0.05, 0) is 61.6 Å². The number of methoxy groups -OCH3 is 2. The van der Waals surface area contributed by atoms with E-state index in [0.29, 0.717) is 11.8 Å². The Hall–Kier alpha value is -2.63. The van der Waals surface area contributed by atoms with Crippen LogP contribution >= 0.6 is 0 Å². The van der Waals surface area contributed by atoms with Gasteiger partial charge < -0.3 is 14.4 Å². The van der Waals surface area contributed by atoms with Crippen LogP contribution < -0.4 is 4.74 Å². The maximum atomic E-state index is 13.9. The summed E-state index contributed by atoms with van der Waals surface area (Å²) in [5, 5.41) is 0. The van der Waals surface area contributed by atoms with Crippen LogP contribution in [0.2, 0.25) is 0 Å². The molecule has 3 unspecified atom stereocenters. The van der Waals surface area contributed by atoms with Crippen LogP contribution in [-0.2, 0) is 10.2 Å². The molecule has 2 aliphatic rings. The number of nitrogens with zero attached hydrogens (tertiary/aromatic N) is 2. The Balaban J connectivity index is 1.76. The van der Waals surface area contributed by atoms with E-state index in [2.05, 4.69) is 48.4 Å². The summed E-state index contributed by atoms with van der Waals surface area (Å²) in [6.45, 7) is 11.9. The number of benzene rings is 2. The van der Waals surface area contributed by atoms with Crippen LogP contribution in [0.5, 0.6) is 5.75 Å². The van der Waals surface area contributed by atoms with Crippen molar-refractivity contribution in [1.29, 1.82) is 0 Å². The molecular formula is C31H42N2O3. The summed E-state index contributed by atoms with van der Waals surface area (Å²) in [5.41, 5.74) is 1.96. The average molecular weight is 491 g/mol. The highest BCUT2D eigenvalue weighted by molar-refractivity contribution is 5.94.